The Bertz CT molecular complexity index is 367. The van der Waals surface area contributed by atoms with Gasteiger partial charge in [0, 0.05) is 19.2 Å². The number of anilines is 1. The van der Waals surface area contributed by atoms with Crippen molar-refractivity contribution in [1.29, 1.82) is 0 Å². The molecule has 0 aliphatic rings. The van der Waals surface area contributed by atoms with Crippen molar-refractivity contribution in [3.8, 4) is 0 Å². The van der Waals surface area contributed by atoms with E-state index in [1.807, 2.05) is 0 Å². The van der Waals surface area contributed by atoms with Crippen LogP contribution in [0.3, 0.4) is 0 Å². The fraction of sp³-hybridized carbons (Fsp3) is 0.182. The Kier molecular flexibility index (Phi) is 3.55. The van der Waals surface area contributed by atoms with E-state index >= 15 is 0 Å². The number of hydrogen-bond donors (Lipinski definition) is 0. The van der Waals surface area contributed by atoms with Crippen LogP contribution < -0.4 is 4.90 Å². The zero-order chi connectivity index (χ0) is 11.4. The molecule has 0 atom stereocenters. The van der Waals surface area contributed by atoms with Gasteiger partial charge in [0.05, 0.1) is 0 Å². The maximum Gasteiger partial charge on any atom is 0.150 e. The molecule has 0 radical (unpaired) electrons. The lowest BCUT2D eigenvalue weighted by Gasteiger charge is -2.18. The fourth-order valence-electron chi connectivity index (χ4n) is 1.30. The van der Waals surface area contributed by atoms with Crippen molar-refractivity contribution in [3.63, 3.8) is 0 Å². The lowest BCUT2D eigenvalue weighted by Crippen LogP contribution is -2.19. The number of carbonyl (C=O) groups excluding carboxylic acids is 1. The SMILES string of the molecule is C=CCN(C)c1c(F)cc(C=O)cc1F. The maximum atomic E-state index is 13.4. The largest absolute Gasteiger partial charge is 0.366 e. The maximum absolute atomic E-state index is 13.4. The second-order valence-electron chi connectivity index (χ2n) is 3.12. The zero-order valence-electron chi connectivity index (χ0n) is 8.34. The predicted molar refractivity (Wildman–Crippen MR) is 55.2 cm³/mol. The van der Waals surface area contributed by atoms with E-state index in [2.05, 4.69) is 6.58 Å². The van der Waals surface area contributed by atoms with Crippen LogP contribution in [0, 0.1) is 11.6 Å². The highest BCUT2D eigenvalue weighted by atomic mass is 19.1. The number of carbonyl (C=O) groups is 1. The molecule has 0 N–H and O–H groups in total. The lowest BCUT2D eigenvalue weighted by atomic mass is 10.2. The molecule has 0 heterocycles. The van der Waals surface area contributed by atoms with E-state index in [0.717, 1.165) is 12.1 Å². The number of aldehydes is 1. The molecule has 2 nitrogen and oxygen atoms in total. The van der Waals surface area contributed by atoms with Gasteiger partial charge in [-0.05, 0) is 12.1 Å². The first kappa shape index (κ1) is 11.4. The van der Waals surface area contributed by atoms with Crippen LogP contribution in [0.15, 0.2) is 24.8 Å². The summed E-state index contributed by atoms with van der Waals surface area (Å²) < 4.78 is 26.8. The third kappa shape index (κ3) is 2.40. The standard InChI is InChI=1S/C11H11F2NO/c1-3-4-14(2)11-9(12)5-8(7-15)6-10(11)13/h3,5-7H,1,4H2,2H3. The molecule has 0 saturated heterocycles. The zero-order valence-corrected chi connectivity index (χ0v) is 8.34. The van der Waals surface area contributed by atoms with E-state index in [-0.39, 0.29) is 11.3 Å². The normalized spacial score (nSPS) is 9.80. The Labute approximate surface area is 86.8 Å². The fourth-order valence-corrected chi connectivity index (χ4v) is 1.30. The monoisotopic (exact) mass is 211 g/mol. The van der Waals surface area contributed by atoms with Crippen molar-refractivity contribution >= 4 is 12.0 Å². The Hall–Kier alpha value is -1.71. The van der Waals surface area contributed by atoms with Crippen LogP contribution in [-0.2, 0) is 0 Å². The third-order valence-corrected chi connectivity index (χ3v) is 1.96. The molecule has 1 rings (SSSR count). The van der Waals surface area contributed by atoms with Crippen LogP contribution in [0.1, 0.15) is 10.4 Å². The van der Waals surface area contributed by atoms with E-state index in [4.69, 9.17) is 0 Å². The second kappa shape index (κ2) is 4.68. The van der Waals surface area contributed by atoms with Crippen molar-refractivity contribution in [1.82, 2.24) is 0 Å². The predicted octanol–water partition coefficient (Wildman–Crippen LogP) is 2.40. The van der Waals surface area contributed by atoms with Crippen LogP contribution in [0.25, 0.3) is 0 Å². The van der Waals surface area contributed by atoms with Crippen LogP contribution in [0.2, 0.25) is 0 Å². The van der Waals surface area contributed by atoms with E-state index in [0.29, 0.717) is 12.8 Å². The van der Waals surface area contributed by atoms with Gasteiger partial charge in [-0.15, -0.1) is 6.58 Å². The number of rotatable bonds is 4. The van der Waals surface area contributed by atoms with Gasteiger partial charge in [-0.1, -0.05) is 6.08 Å². The van der Waals surface area contributed by atoms with Gasteiger partial charge in [-0.25, -0.2) is 8.78 Å². The molecule has 0 unspecified atom stereocenters. The lowest BCUT2D eigenvalue weighted by molar-refractivity contribution is 0.112. The summed E-state index contributed by atoms with van der Waals surface area (Å²) in [6.45, 7) is 3.80. The van der Waals surface area contributed by atoms with Crippen molar-refractivity contribution in [2.45, 2.75) is 0 Å². The van der Waals surface area contributed by atoms with Crippen molar-refractivity contribution in [3.05, 3.63) is 42.0 Å². The Morgan fingerprint density at radius 1 is 1.40 bits per heavy atom. The topological polar surface area (TPSA) is 20.3 Å². The summed E-state index contributed by atoms with van der Waals surface area (Å²) >= 11 is 0. The average Bonchev–Trinajstić information content (AvgIpc) is 2.16. The highest BCUT2D eigenvalue weighted by Crippen LogP contribution is 2.23. The summed E-state index contributed by atoms with van der Waals surface area (Å²) in [6, 6.07) is 2.01. The first-order valence-corrected chi connectivity index (χ1v) is 4.36. The summed E-state index contributed by atoms with van der Waals surface area (Å²) in [6.07, 6.45) is 1.94. The van der Waals surface area contributed by atoms with E-state index in [1.54, 1.807) is 7.05 Å². The van der Waals surface area contributed by atoms with Crippen LogP contribution >= 0.6 is 0 Å². The van der Waals surface area contributed by atoms with Gasteiger partial charge in [0.1, 0.15) is 23.6 Å². The number of likely N-dealkylation sites (N-methyl/N-ethyl adjacent to an activating group) is 1. The average molecular weight is 211 g/mol. The van der Waals surface area contributed by atoms with Gasteiger partial charge < -0.3 is 4.90 Å². The molecule has 0 spiro atoms. The number of hydrogen-bond acceptors (Lipinski definition) is 2. The van der Waals surface area contributed by atoms with Gasteiger partial charge in [0.25, 0.3) is 0 Å². The van der Waals surface area contributed by atoms with Gasteiger partial charge in [0.2, 0.25) is 0 Å². The van der Waals surface area contributed by atoms with Gasteiger partial charge in [-0.2, -0.15) is 0 Å². The highest BCUT2D eigenvalue weighted by Gasteiger charge is 2.14. The summed E-state index contributed by atoms with van der Waals surface area (Å²) in [4.78, 5) is 11.7. The van der Waals surface area contributed by atoms with Crippen LogP contribution in [-0.4, -0.2) is 19.9 Å². The smallest absolute Gasteiger partial charge is 0.150 e. The molecule has 4 heteroatoms. The van der Waals surface area contributed by atoms with Gasteiger partial charge in [-0.3, -0.25) is 4.79 Å². The Balaban J connectivity index is 3.18. The molecule has 0 fully saturated rings. The molecule has 1 aromatic rings. The van der Waals surface area contributed by atoms with Crippen LogP contribution in [0.4, 0.5) is 14.5 Å². The van der Waals surface area contributed by atoms with Crippen molar-refractivity contribution in [2.24, 2.45) is 0 Å². The summed E-state index contributed by atoms with van der Waals surface area (Å²) in [5.41, 5.74) is -0.166. The van der Waals surface area contributed by atoms with Gasteiger partial charge in [0.15, 0.2) is 0 Å². The third-order valence-electron chi connectivity index (χ3n) is 1.96. The molecular formula is C11H11F2NO. The minimum atomic E-state index is -0.749. The molecule has 0 aliphatic carbocycles. The quantitative estimate of drug-likeness (QED) is 0.563. The molecule has 15 heavy (non-hydrogen) atoms. The van der Waals surface area contributed by atoms with E-state index in [1.165, 1.54) is 11.0 Å². The molecule has 0 bridgehead atoms. The second-order valence-corrected chi connectivity index (χ2v) is 3.12. The minimum Gasteiger partial charge on any atom is -0.366 e. The number of halogens is 2. The van der Waals surface area contributed by atoms with Crippen molar-refractivity contribution in [2.75, 3.05) is 18.5 Å². The molecule has 0 amide bonds. The summed E-state index contributed by atoms with van der Waals surface area (Å²) in [5, 5.41) is 0. The molecular weight excluding hydrogens is 200 g/mol. The summed E-state index contributed by atoms with van der Waals surface area (Å²) in [5.74, 6) is -1.50. The molecule has 1 aromatic carbocycles. The Morgan fingerprint density at radius 2 is 1.93 bits per heavy atom. The van der Waals surface area contributed by atoms with Gasteiger partial charge >= 0.3 is 0 Å². The molecule has 0 aliphatic heterocycles. The highest BCUT2D eigenvalue weighted by molar-refractivity contribution is 5.76. The first-order valence-electron chi connectivity index (χ1n) is 4.36. The van der Waals surface area contributed by atoms with Crippen LogP contribution in [0.5, 0.6) is 0 Å². The minimum absolute atomic E-state index is 0.0132. The number of benzene rings is 1. The molecule has 0 aromatic heterocycles. The first-order chi connectivity index (χ1) is 7.10. The molecule has 80 valence electrons. The van der Waals surface area contributed by atoms with Crippen molar-refractivity contribution < 1.29 is 13.6 Å². The van der Waals surface area contributed by atoms with E-state index in [9.17, 15) is 13.6 Å². The molecule has 0 saturated carbocycles. The Morgan fingerprint density at radius 3 is 2.33 bits per heavy atom. The number of nitrogens with zero attached hydrogens (tertiary/aromatic N) is 1. The summed E-state index contributed by atoms with van der Waals surface area (Å²) in [7, 11) is 1.55. The van der Waals surface area contributed by atoms with E-state index < -0.39 is 11.6 Å².